The maximum atomic E-state index is 14.1. The highest BCUT2D eigenvalue weighted by molar-refractivity contribution is 5.96. The highest BCUT2D eigenvalue weighted by Crippen LogP contribution is 2.53. The molecule has 27 heavy (non-hydrogen) atoms. The van der Waals surface area contributed by atoms with Gasteiger partial charge in [0.2, 0.25) is 5.91 Å². The maximum absolute atomic E-state index is 14.1. The summed E-state index contributed by atoms with van der Waals surface area (Å²) in [5, 5.41) is 0. The van der Waals surface area contributed by atoms with Gasteiger partial charge in [-0.25, -0.2) is 4.39 Å². The minimum absolute atomic E-state index is 0.0303. The molecule has 3 atom stereocenters. The zero-order valence-electron chi connectivity index (χ0n) is 16.2. The molecule has 1 aromatic heterocycles. The lowest BCUT2D eigenvalue weighted by molar-refractivity contribution is -0.145. The van der Waals surface area contributed by atoms with E-state index >= 15 is 0 Å². The number of amides is 2. The minimum Gasteiger partial charge on any atom is -0.342 e. The first-order valence-corrected chi connectivity index (χ1v) is 10.2. The highest BCUT2D eigenvalue weighted by atomic mass is 19.1. The van der Waals surface area contributed by atoms with Crippen molar-refractivity contribution in [1.82, 2.24) is 14.8 Å². The molecule has 0 aliphatic carbocycles. The topological polar surface area (TPSA) is 53.5 Å². The number of hydrogen-bond donors (Lipinski definition) is 0. The van der Waals surface area contributed by atoms with Crippen molar-refractivity contribution in [2.45, 2.75) is 64.5 Å². The highest BCUT2D eigenvalue weighted by Gasteiger charge is 2.61. The number of rotatable bonds is 3. The Bertz CT molecular complexity index is 747. The number of carbonyl (C=O) groups is 2. The third kappa shape index (κ3) is 2.84. The number of aromatic nitrogens is 1. The summed E-state index contributed by atoms with van der Waals surface area (Å²) < 4.78 is 14.1. The van der Waals surface area contributed by atoms with E-state index in [-0.39, 0.29) is 29.5 Å². The van der Waals surface area contributed by atoms with Gasteiger partial charge in [0, 0.05) is 31.4 Å². The lowest BCUT2D eigenvalue weighted by Crippen LogP contribution is -2.52. The van der Waals surface area contributed by atoms with Crippen LogP contribution in [0.1, 0.15) is 62.7 Å². The zero-order valence-corrected chi connectivity index (χ0v) is 16.2. The number of pyridine rings is 1. The molecule has 0 aromatic carbocycles. The average molecular weight is 373 g/mol. The maximum Gasteiger partial charge on any atom is 0.257 e. The summed E-state index contributed by atoms with van der Waals surface area (Å²) in [5.41, 5.74) is -0.448. The molecule has 146 valence electrons. The third-order valence-corrected chi connectivity index (χ3v) is 7.11. The molecule has 4 heterocycles. The van der Waals surface area contributed by atoms with E-state index in [1.807, 2.05) is 9.80 Å². The molecule has 3 fully saturated rings. The number of piperidine rings is 1. The van der Waals surface area contributed by atoms with Gasteiger partial charge >= 0.3 is 0 Å². The average Bonchev–Trinajstić information content (AvgIpc) is 3.24. The van der Waals surface area contributed by atoms with Gasteiger partial charge < -0.3 is 9.80 Å². The van der Waals surface area contributed by atoms with Crippen molar-refractivity contribution in [3.05, 3.63) is 29.8 Å². The fraction of sp³-hybridized carbons (Fsp3) is 0.667. The minimum atomic E-state index is -0.591. The zero-order chi connectivity index (χ0) is 19.2. The first kappa shape index (κ1) is 18.4. The van der Waals surface area contributed by atoms with Crippen LogP contribution in [0, 0.1) is 17.2 Å². The van der Waals surface area contributed by atoms with Gasteiger partial charge in [0.25, 0.3) is 5.91 Å². The van der Waals surface area contributed by atoms with Gasteiger partial charge in [-0.15, -0.1) is 0 Å². The van der Waals surface area contributed by atoms with Gasteiger partial charge in [-0.2, -0.15) is 0 Å². The van der Waals surface area contributed by atoms with E-state index in [1.54, 1.807) is 0 Å². The Kier molecular flexibility index (Phi) is 4.68. The van der Waals surface area contributed by atoms with E-state index in [4.69, 9.17) is 0 Å². The van der Waals surface area contributed by atoms with Crippen molar-refractivity contribution < 1.29 is 14.0 Å². The summed E-state index contributed by atoms with van der Waals surface area (Å²) >= 11 is 0. The number of hydrogen-bond acceptors (Lipinski definition) is 3. The SMILES string of the molecule is CC[C@@]1(C(=O)N2CCC(C)CC2)C[C@@H]2CC[C@H]1N2C(=O)c1ccncc1F. The molecule has 2 bridgehead atoms. The van der Waals surface area contributed by atoms with Gasteiger partial charge in [0.15, 0.2) is 5.82 Å². The molecule has 1 aromatic rings. The van der Waals surface area contributed by atoms with Crippen LogP contribution in [0.25, 0.3) is 0 Å². The predicted octanol–water partition coefficient (Wildman–Crippen LogP) is 3.25. The molecule has 3 aliphatic rings. The van der Waals surface area contributed by atoms with E-state index in [0.29, 0.717) is 12.3 Å². The van der Waals surface area contributed by atoms with Crippen LogP contribution in [0.3, 0.4) is 0 Å². The van der Waals surface area contributed by atoms with Crippen LogP contribution < -0.4 is 0 Å². The largest absolute Gasteiger partial charge is 0.342 e. The van der Waals surface area contributed by atoms with Gasteiger partial charge in [-0.3, -0.25) is 14.6 Å². The quantitative estimate of drug-likeness (QED) is 0.817. The van der Waals surface area contributed by atoms with Crippen molar-refractivity contribution in [3.8, 4) is 0 Å². The fourth-order valence-corrected chi connectivity index (χ4v) is 5.47. The number of nitrogens with zero attached hydrogens (tertiary/aromatic N) is 3. The van der Waals surface area contributed by atoms with E-state index in [0.717, 1.165) is 51.4 Å². The Morgan fingerprint density at radius 2 is 2.00 bits per heavy atom. The van der Waals surface area contributed by atoms with Crippen LogP contribution in [-0.4, -0.2) is 51.8 Å². The van der Waals surface area contributed by atoms with Crippen molar-refractivity contribution in [2.24, 2.45) is 11.3 Å². The van der Waals surface area contributed by atoms with Gasteiger partial charge in [0.05, 0.1) is 17.2 Å². The van der Waals surface area contributed by atoms with E-state index in [2.05, 4.69) is 18.8 Å². The normalized spacial score (nSPS) is 30.8. The molecule has 0 spiro atoms. The molecule has 0 unspecified atom stereocenters. The fourth-order valence-electron chi connectivity index (χ4n) is 5.47. The Balaban J connectivity index is 1.61. The summed E-state index contributed by atoms with van der Waals surface area (Å²) in [5.74, 6) is -0.0125. The molecule has 0 radical (unpaired) electrons. The van der Waals surface area contributed by atoms with E-state index < -0.39 is 11.2 Å². The molecule has 3 aliphatic heterocycles. The van der Waals surface area contributed by atoms with Crippen molar-refractivity contribution >= 4 is 11.8 Å². The second kappa shape index (κ2) is 6.88. The molecule has 4 rings (SSSR count). The number of fused-ring (bicyclic) bond motifs is 2. The van der Waals surface area contributed by atoms with Crippen LogP contribution in [0.2, 0.25) is 0 Å². The van der Waals surface area contributed by atoms with Gasteiger partial charge in [0.1, 0.15) is 0 Å². The van der Waals surface area contributed by atoms with Crippen molar-refractivity contribution in [3.63, 3.8) is 0 Å². The summed E-state index contributed by atoms with van der Waals surface area (Å²) in [4.78, 5) is 34.2. The Morgan fingerprint density at radius 3 is 2.67 bits per heavy atom. The monoisotopic (exact) mass is 373 g/mol. The smallest absolute Gasteiger partial charge is 0.257 e. The van der Waals surface area contributed by atoms with Crippen LogP contribution in [0.4, 0.5) is 4.39 Å². The van der Waals surface area contributed by atoms with Crippen molar-refractivity contribution in [1.29, 1.82) is 0 Å². The lowest BCUT2D eigenvalue weighted by Gasteiger charge is -2.41. The first-order chi connectivity index (χ1) is 13.0. The van der Waals surface area contributed by atoms with Crippen LogP contribution in [-0.2, 0) is 4.79 Å². The summed E-state index contributed by atoms with van der Waals surface area (Å²) in [6.07, 6.45) is 7.77. The molecule has 0 saturated carbocycles. The molecule has 6 heteroatoms. The molecule has 0 N–H and O–H groups in total. The molecule has 5 nitrogen and oxygen atoms in total. The number of likely N-dealkylation sites (tertiary alicyclic amines) is 1. The summed E-state index contributed by atoms with van der Waals surface area (Å²) in [6, 6.07) is 1.35. The number of halogens is 1. The number of carbonyl (C=O) groups excluding carboxylic acids is 2. The Morgan fingerprint density at radius 1 is 1.26 bits per heavy atom. The first-order valence-electron chi connectivity index (χ1n) is 10.2. The summed E-state index contributed by atoms with van der Waals surface area (Å²) in [7, 11) is 0. The summed E-state index contributed by atoms with van der Waals surface area (Å²) in [6.45, 7) is 5.91. The van der Waals surface area contributed by atoms with E-state index in [1.165, 1.54) is 12.3 Å². The molecular weight excluding hydrogens is 345 g/mol. The van der Waals surface area contributed by atoms with Crippen molar-refractivity contribution in [2.75, 3.05) is 13.1 Å². The lowest BCUT2D eigenvalue weighted by atomic mass is 9.70. The third-order valence-electron chi connectivity index (χ3n) is 7.11. The molecule has 3 saturated heterocycles. The molecule has 2 amide bonds. The van der Waals surface area contributed by atoms with E-state index in [9.17, 15) is 14.0 Å². The second-order valence-corrected chi connectivity index (χ2v) is 8.50. The Hall–Kier alpha value is -1.98. The van der Waals surface area contributed by atoms with Gasteiger partial charge in [-0.1, -0.05) is 13.8 Å². The van der Waals surface area contributed by atoms with Crippen LogP contribution in [0.5, 0.6) is 0 Å². The van der Waals surface area contributed by atoms with Crippen LogP contribution in [0.15, 0.2) is 18.5 Å². The van der Waals surface area contributed by atoms with Crippen LogP contribution >= 0.6 is 0 Å². The standard InChI is InChI=1S/C21H28FN3O2/c1-3-21(20(27)24-10-7-14(2)8-11-24)12-15-4-5-18(21)25(15)19(26)16-6-9-23-13-17(16)22/h6,9,13-15,18H,3-5,7-8,10-12H2,1-2H3/t15-,18+,21+/m0/s1. The van der Waals surface area contributed by atoms with Gasteiger partial charge in [-0.05, 0) is 50.5 Å². The predicted molar refractivity (Wildman–Crippen MR) is 99.5 cm³/mol. The second-order valence-electron chi connectivity index (χ2n) is 8.50. The molecular formula is C21H28FN3O2. The Labute approximate surface area is 159 Å².